The number of ether oxygens (including phenoxy) is 1. The Labute approximate surface area is 162 Å². The third-order valence-electron chi connectivity index (χ3n) is 4.23. The lowest BCUT2D eigenvalue weighted by Crippen LogP contribution is -2.22. The summed E-state index contributed by atoms with van der Waals surface area (Å²) in [6.45, 7) is 3.35. The van der Waals surface area contributed by atoms with E-state index >= 15 is 0 Å². The largest absolute Gasteiger partial charge is 0.375 e. The van der Waals surface area contributed by atoms with Crippen LogP contribution in [0.25, 0.3) is 11.3 Å². The van der Waals surface area contributed by atoms with Gasteiger partial charge in [-0.2, -0.15) is 9.49 Å². The fourth-order valence-corrected chi connectivity index (χ4v) is 2.93. The molecule has 10 nitrogen and oxygen atoms in total. The second-order valence-electron chi connectivity index (χ2n) is 6.26. The van der Waals surface area contributed by atoms with E-state index in [-0.39, 0.29) is 22.7 Å². The van der Waals surface area contributed by atoms with Crippen LogP contribution >= 0.6 is 0 Å². The van der Waals surface area contributed by atoms with Crippen molar-refractivity contribution in [3.05, 3.63) is 47.8 Å². The Morgan fingerprint density at radius 1 is 1.24 bits per heavy atom. The van der Waals surface area contributed by atoms with Crippen LogP contribution in [0.4, 0.5) is 25.0 Å². The topological polar surface area (TPSA) is 111 Å². The predicted octanol–water partition coefficient (Wildman–Crippen LogP) is 2.71. The fourth-order valence-electron chi connectivity index (χ4n) is 2.93. The number of carbonyl (C=O) groups is 1. The number of carbonyl (C=O) groups excluding carboxylic acids is 1. The Kier molecular flexibility index (Phi) is 4.54. The number of anilines is 2. The van der Waals surface area contributed by atoms with Crippen LogP contribution < -0.4 is 10.6 Å². The highest BCUT2D eigenvalue weighted by Gasteiger charge is 2.19. The minimum atomic E-state index is -0.712. The van der Waals surface area contributed by atoms with E-state index in [4.69, 9.17) is 4.74 Å². The number of aromatic nitrogens is 6. The molecule has 0 saturated carbocycles. The lowest BCUT2D eigenvalue weighted by molar-refractivity contribution is 0.114. The molecule has 0 fully saturated rings. The molecule has 4 heterocycles. The van der Waals surface area contributed by atoms with E-state index in [0.29, 0.717) is 11.5 Å². The number of nitrogens with zero attached hydrogens (tertiary/aromatic N) is 6. The van der Waals surface area contributed by atoms with E-state index in [1.165, 1.54) is 28.5 Å². The highest BCUT2D eigenvalue weighted by atomic mass is 19.1. The summed E-state index contributed by atoms with van der Waals surface area (Å²) in [5, 5.41) is 12.9. The van der Waals surface area contributed by atoms with E-state index in [9.17, 15) is 13.6 Å². The highest BCUT2D eigenvalue weighted by Crippen LogP contribution is 2.25. The number of hydrogen-bond acceptors (Lipinski definition) is 6. The van der Waals surface area contributed by atoms with Gasteiger partial charge in [0.1, 0.15) is 5.82 Å². The monoisotopic (exact) mass is 402 g/mol. The van der Waals surface area contributed by atoms with Crippen LogP contribution in [0.3, 0.4) is 0 Å². The van der Waals surface area contributed by atoms with Gasteiger partial charge in [-0.3, -0.25) is 0 Å². The van der Waals surface area contributed by atoms with Crippen molar-refractivity contribution in [3.8, 4) is 0 Å². The number of methoxy groups -OCH3 is 1. The number of aryl methyl sites for hydroxylation is 1. The first-order chi connectivity index (χ1) is 13.9. The summed E-state index contributed by atoms with van der Waals surface area (Å²) >= 11 is 0. The summed E-state index contributed by atoms with van der Waals surface area (Å²) in [7, 11) is 1.47. The third-order valence-corrected chi connectivity index (χ3v) is 4.23. The summed E-state index contributed by atoms with van der Waals surface area (Å²) in [6, 6.07) is 1.62. The number of amides is 2. The molecule has 0 aliphatic carbocycles. The quantitative estimate of drug-likeness (QED) is 0.543. The van der Waals surface area contributed by atoms with E-state index < -0.39 is 23.9 Å². The van der Waals surface area contributed by atoms with Crippen molar-refractivity contribution in [2.45, 2.75) is 20.0 Å². The molecule has 4 rings (SSSR count). The first kappa shape index (κ1) is 18.7. The van der Waals surface area contributed by atoms with Crippen LogP contribution in [-0.4, -0.2) is 42.3 Å². The van der Waals surface area contributed by atoms with Crippen LogP contribution in [0.5, 0.6) is 0 Å². The van der Waals surface area contributed by atoms with Crippen molar-refractivity contribution in [2.24, 2.45) is 0 Å². The Hall–Kier alpha value is -3.67. The minimum Gasteiger partial charge on any atom is -0.375 e. The van der Waals surface area contributed by atoms with Gasteiger partial charge in [-0.15, -0.1) is 5.10 Å². The van der Waals surface area contributed by atoms with Crippen LogP contribution in [-0.2, 0) is 4.74 Å². The molecule has 0 saturated heterocycles. The molecule has 4 aromatic heterocycles. The molecule has 12 heteroatoms. The van der Waals surface area contributed by atoms with Crippen LogP contribution in [0.15, 0.2) is 24.5 Å². The molecule has 2 N–H and O–H groups in total. The van der Waals surface area contributed by atoms with E-state index in [1.807, 2.05) is 0 Å². The van der Waals surface area contributed by atoms with Crippen molar-refractivity contribution in [2.75, 3.05) is 17.7 Å². The summed E-state index contributed by atoms with van der Waals surface area (Å²) in [5.41, 5.74) is 1.13. The maximum atomic E-state index is 14.2. The van der Waals surface area contributed by atoms with Gasteiger partial charge in [0.2, 0.25) is 5.95 Å². The molecular weight excluding hydrogens is 386 g/mol. The first-order valence-corrected chi connectivity index (χ1v) is 8.53. The molecule has 0 aromatic carbocycles. The molecule has 29 heavy (non-hydrogen) atoms. The Morgan fingerprint density at radius 3 is 2.79 bits per heavy atom. The first-order valence-electron chi connectivity index (χ1n) is 8.53. The molecule has 4 aromatic rings. The summed E-state index contributed by atoms with van der Waals surface area (Å²) < 4.78 is 35.5. The molecule has 0 unspecified atom stereocenters. The van der Waals surface area contributed by atoms with Gasteiger partial charge >= 0.3 is 6.03 Å². The maximum Gasteiger partial charge on any atom is 0.323 e. The van der Waals surface area contributed by atoms with Gasteiger partial charge < -0.3 is 15.4 Å². The van der Waals surface area contributed by atoms with Crippen molar-refractivity contribution in [1.82, 2.24) is 29.2 Å². The normalized spacial score (nSPS) is 12.4. The van der Waals surface area contributed by atoms with Gasteiger partial charge in [0.05, 0.1) is 35.6 Å². The lowest BCUT2D eigenvalue weighted by Gasteiger charge is -2.17. The zero-order valence-corrected chi connectivity index (χ0v) is 15.6. The van der Waals surface area contributed by atoms with Crippen molar-refractivity contribution in [1.29, 1.82) is 0 Å². The van der Waals surface area contributed by atoms with Gasteiger partial charge in [0, 0.05) is 19.2 Å². The van der Waals surface area contributed by atoms with Gasteiger partial charge in [-0.1, -0.05) is 0 Å². The van der Waals surface area contributed by atoms with Crippen molar-refractivity contribution < 1.29 is 18.3 Å². The molecule has 0 radical (unpaired) electrons. The molecule has 0 bridgehead atoms. The zero-order chi connectivity index (χ0) is 20.7. The molecule has 0 aliphatic rings. The summed E-state index contributed by atoms with van der Waals surface area (Å²) in [6.07, 6.45) is 2.27. The average molecular weight is 402 g/mol. The second kappa shape index (κ2) is 7.05. The Morgan fingerprint density at radius 2 is 2.03 bits per heavy atom. The number of halogens is 2. The molecule has 150 valence electrons. The van der Waals surface area contributed by atoms with Crippen LogP contribution in [0.2, 0.25) is 0 Å². The number of nitrogens with one attached hydrogen (secondary N) is 2. The second-order valence-corrected chi connectivity index (χ2v) is 6.26. The molecule has 2 amide bonds. The fraction of sp³-hybridized carbons (Fsp3) is 0.235. The maximum absolute atomic E-state index is 14.2. The Bertz CT molecular complexity index is 1240. The third kappa shape index (κ3) is 3.45. The lowest BCUT2D eigenvalue weighted by atomic mass is 10.2. The smallest absolute Gasteiger partial charge is 0.323 e. The van der Waals surface area contributed by atoms with E-state index in [0.717, 1.165) is 12.1 Å². The molecule has 1 atom stereocenters. The van der Waals surface area contributed by atoms with Gasteiger partial charge in [-0.05, 0) is 13.8 Å². The molecule has 0 spiro atoms. The number of fused-ring (bicyclic) bond motifs is 2. The summed E-state index contributed by atoms with van der Waals surface area (Å²) in [4.78, 5) is 20.5. The van der Waals surface area contributed by atoms with Crippen LogP contribution in [0.1, 0.15) is 24.5 Å². The highest BCUT2D eigenvalue weighted by molar-refractivity contribution is 6.00. The Balaban J connectivity index is 1.64. The zero-order valence-electron chi connectivity index (χ0n) is 15.6. The van der Waals surface area contributed by atoms with E-state index in [1.54, 1.807) is 13.8 Å². The number of hydrogen-bond donors (Lipinski definition) is 2. The number of rotatable bonds is 4. The number of urea groups is 1. The van der Waals surface area contributed by atoms with Crippen molar-refractivity contribution >= 4 is 28.7 Å². The van der Waals surface area contributed by atoms with Gasteiger partial charge in [-0.25, -0.2) is 28.2 Å². The van der Waals surface area contributed by atoms with Crippen molar-refractivity contribution in [3.63, 3.8) is 0 Å². The SMILES string of the molecule is CO[C@@H](C)c1c(NC(=O)Nc2cc(F)c3nc(C)nn3c2)cnc2cc(F)nn12. The van der Waals surface area contributed by atoms with Gasteiger partial charge in [0.15, 0.2) is 17.1 Å². The van der Waals surface area contributed by atoms with E-state index in [2.05, 4.69) is 30.8 Å². The average Bonchev–Trinajstić information content (AvgIpc) is 3.22. The summed E-state index contributed by atoms with van der Waals surface area (Å²) in [5.74, 6) is -0.947. The molecule has 0 aliphatic heterocycles. The van der Waals surface area contributed by atoms with Gasteiger partial charge in [0.25, 0.3) is 0 Å². The predicted molar refractivity (Wildman–Crippen MR) is 98.7 cm³/mol. The number of pyridine rings is 1. The minimum absolute atomic E-state index is 0.0556. The molecular formula is C17H16F2N8O2. The van der Waals surface area contributed by atoms with Crippen LogP contribution in [0, 0.1) is 18.7 Å². The standard InChI is InChI=1S/C17H16F2N8O2/c1-8(29-3)15-12(6-20-14-5-13(19)25-27(14)15)23-17(28)22-10-4-11(18)16-21-9(2)24-26(16)7-10/h4-8H,1-3H3,(H2,22,23,28)/t8-/m0/s1.